The summed E-state index contributed by atoms with van der Waals surface area (Å²) in [7, 11) is 0. The minimum absolute atomic E-state index is 0.0480. The SMILES string of the molecule is O=C(NC1CCCCC1)[C@H](c1ccc(O)cc1)N(C(=O)Cn1nnc2ccccc21)c1cnc2ccccc2c1. The fourth-order valence-corrected chi connectivity index (χ4v) is 5.47. The number of para-hydroxylation sites is 2. The van der Waals surface area contributed by atoms with E-state index in [1.54, 1.807) is 23.0 Å². The zero-order valence-electron chi connectivity index (χ0n) is 22.0. The van der Waals surface area contributed by atoms with Crippen LogP contribution in [0, 0.1) is 0 Å². The van der Waals surface area contributed by atoms with Gasteiger partial charge in [0.2, 0.25) is 11.8 Å². The number of fused-ring (bicyclic) bond motifs is 2. The molecular formula is C31H30N6O3. The molecule has 0 saturated heterocycles. The molecule has 0 radical (unpaired) electrons. The zero-order chi connectivity index (χ0) is 27.5. The highest BCUT2D eigenvalue weighted by Crippen LogP contribution is 2.32. The zero-order valence-corrected chi connectivity index (χ0v) is 22.0. The number of nitrogens with zero attached hydrogens (tertiary/aromatic N) is 5. The molecule has 3 aromatic carbocycles. The van der Waals surface area contributed by atoms with Crippen molar-refractivity contribution < 1.29 is 14.7 Å². The second-order valence-corrected chi connectivity index (χ2v) is 10.2. The number of amides is 2. The Morgan fingerprint density at radius 3 is 2.48 bits per heavy atom. The van der Waals surface area contributed by atoms with Gasteiger partial charge in [-0.15, -0.1) is 5.10 Å². The van der Waals surface area contributed by atoms with E-state index in [-0.39, 0.29) is 30.2 Å². The lowest BCUT2D eigenvalue weighted by Crippen LogP contribution is -2.48. The summed E-state index contributed by atoms with van der Waals surface area (Å²) < 4.78 is 1.55. The third-order valence-electron chi connectivity index (χ3n) is 7.50. The molecule has 0 spiro atoms. The van der Waals surface area contributed by atoms with Crippen molar-refractivity contribution in [2.24, 2.45) is 0 Å². The lowest BCUT2D eigenvalue weighted by Gasteiger charge is -2.33. The van der Waals surface area contributed by atoms with E-state index < -0.39 is 6.04 Å². The van der Waals surface area contributed by atoms with Gasteiger partial charge >= 0.3 is 0 Å². The van der Waals surface area contributed by atoms with Crippen molar-refractivity contribution in [3.05, 3.63) is 90.6 Å². The molecule has 2 heterocycles. The molecule has 1 atom stereocenters. The van der Waals surface area contributed by atoms with Gasteiger partial charge in [-0.05, 0) is 54.8 Å². The maximum Gasteiger partial charge on any atom is 0.249 e. The minimum atomic E-state index is -0.993. The molecule has 0 aliphatic heterocycles. The Bertz CT molecular complexity index is 1660. The van der Waals surface area contributed by atoms with Gasteiger partial charge in [-0.2, -0.15) is 0 Å². The summed E-state index contributed by atoms with van der Waals surface area (Å²) in [6, 6.07) is 22.4. The van der Waals surface area contributed by atoms with Crippen LogP contribution in [0.1, 0.15) is 43.7 Å². The van der Waals surface area contributed by atoms with Crippen molar-refractivity contribution in [3.8, 4) is 5.75 Å². The molecule has 2 amide bonds. The number of hydrogen-bond acceptors (Lipinski definition) is 6. The van der Waals surface area contributed by atoms with Gasteiger partial charge in [0.1, 0.15) is 23.9 Å². The van der Waals surface area contributed by atoms with Crippen LogP contribution in [0.4, 0.5) is 5.69 Å². The van der Waals surface area contributed by atoms with E-state index in [9.17, 15) is 14.7 Å². The molecule has 1 aliphatic carbocycles. The van der Waals surface area contributed by atoms with Gasteiger partial charge in [0.25, 0.3) is 0 Å². The topological polar surface area (TPSA) is 113 Å². The van der Waals surface area contributed by atoms with E-state index in [0.717, 1.165) is 48.5 Å². The van der Waals surface area contributed by atoms with Crippen molar-refractivity contribution in [3.63, 3.8) is 0 Å². The molecule has 2 N–H and O–H groups in total. The molecule has 0 bridgehead atoms. The molecular weight excluding hydrogens is 504 g/mol. The van der Waals surface area contributed by atoms with Gasteiger partial charge < -0.3 is 10.4 Å². The lowest BCUT2D eigenvalue weighted by molar-refractivity contribution is -0.127. The Labute approximate surface area is 231 Å². The first-order chi connectivity index (χ1) is 19.6. The fourth-order valence-electron chi connectivity index (χ4n) is 5.47. The maximum absolute atomic E-state index is 14.2. The molecule has 6 rings (SSSR count). The fraction of sp³-hybridized carbons (Fsp3) is 0.258. The Kier molecular flexibility index (Phi) is 7.09. The van der Waals surface area contributed by atoms with Gasteiger partial charge in [0.15, 0.2) is 0 Å². The highest BCUT2D eigenvalue weighted by molar-refractivity contribution is 6.02. The van der Waals surface area contributed by atoms with Crippen LogP contribution in [-0.4, -0.2) is 42.9 Å². The Morgan fingerprint density at radius 2 is 1.68 bits per heavy atom. The van der Waals surface area contributed by atoms with Crippen molar-refractivity contribution in [2.45, 2.75) is 50.7 Å². The predicted octanol–water partition coefficient (Wildman–Crippen LogP) is 4.91. The Morgan fingerprint density at radius 1 is 0.950 bits per heavy atom. The van der Waals surface area contributed by atoms with E-state index in [1.807, 2.05) is 54.6 Å². The normalized spacial score (nSPS) is 14.7. The van der Waals surface area contributed by atoms with Crippen LogP contribution >= 0.6 is 0 Å². The lowest BCUT2D eigenvalue weighted by atomic mass is 9.94. The number of benzene rings is 3. The standard InChI is InChI=1S/C31H30N6O3/c38-25-16-14-21(15-17-25)30(31(40)33-23-9-2-1-3-10-23)37(24-18-22-8-4-5-11-26(22)32-19-24)29(39)20-36-28-13-7-6-12-27(28)34-35-36/h4-8,11-19,23,30,38H,1-3,9-10,20H2,(H,33,40)/t30-/m0/s1. The number of carbonyl (C=O) groups is 2. The monoisotopic (exact) mass is 534 g/mol. The number of rotatable bonds is 7. The molecule has 40 heavy (non-hydrogen) atoms. The quantitative estimate of drug-likeness (QED) is 0.307. The molecule has 1 aliphatic rings. The molecule has 2 aromatic heterocycles. The summed E-state index contributed by atoms with van der Waals surface area (Å²) in [5, 5.41) is 22.5. The van der Waals surface area contributed by atoms with Crippen LogP contribution in [-0.2, 0) is 16.1 Å². The number of carbonyl (C=O) groups excluding carboxylic acids is 2. The number of aromatic nitrogens is 4. The molecule has 9 nitrogen and oxygen atoms in total. The first-order valence-corrected chi connectivity index (χ1v) is 13.6. The summed E-state index contributed by atoms with van der Waals surface area (Å²) in [5.74, 6) is -0.540. The number of aromatic hydroxyl groups is 1. The van der Waals surface area contributed by atoms with E-state index >= 15 is 0 Å². The van der Waals surface area contributed by atoms with E-state index in [2.05, 4.69) is 20.6 Å². The molecule has 5 aromatic rings. The van der Waals surface area contributed by atoms with E-state index in [1.165, 1.54) is 17.0 Å². The minimum Gasteiger partial charge on any atom is -0.508 e. The van der Waals surface area contributed by atoms with Gasteiger partial charge in [-0.3, -0.25) is 19.5 Å². The Balaban J connectivity index is 1.45. The van der Waals surface area contributed by atoms with Crippen LogP contribution in [0.25, 0.3) is 21.9 Å². The van der Waals surface area contributed by atoms with Crippen molar-refractivity contribution in [1.82, 2.24) is 25.3 Å². The highest BCUT2D eigenvalue weighted by Gasteiger charge is 2.35. The number of anilines is 1. The predicted molar refractivity (Wildman–Crippen MR) is 153 cm³/mol. The first kappa shape index (κ1) is 25.5. The Hall–Kier alpha value is -4.79. The average Bonchev–Trinajstić information content (AvgIpc) is 3.39. The van der Waals surface area contributed by atoms with Crippen LogP contribution < -0.4 is 10.2 Å². The van der Waals surface area contributed by atoms with Crippen LogP contribution in [0.3, 0.4) is 0 Å². The van der Waals surface area contributed by atoms with Gasteiger partial charge in [-0.25, -0.2) is 4.68 Å². The van der Waals surface area contributed by atoms with Gasteiger partial charge in [0, 0.05) is 11.4 Å². The maximum atomic E-state index is 14.2. The van der Waals surface area contributed by atoms with Gasteiger partial charge in [0.05, 0.1) is 22.9 Å². The third-order valence-corrected chi connectivity index (χ3v) is 7.50. The molecule has 1 fully saturated rings. The molecule has 9 heteroatoms. The van der Waals surface area contributed by atoms with Crippen LogP contribution in [0.15, 0.2) is 85.1 Å². The second-order valence-electron chi connectivity index (χ2n) is 10.2. The summed E-state index contributed by atoms with van der Waals surface area (Å²) in [6.45, 7) is -0.126. The van der Waals surface area contributed by atoms with Crippen LogP contribution in [0.5, 0.6) is 5.75 Å². The van der Waals surface area contributed by atoms with Crippen molar-refractivity contribution in [2.75, 3.05) is 4.90 Å². The molecule has 1 saturated carbocycles. The summed E-state index contributed by atoms with van der Waals surface area (Å²) in [5.41, 5.74) is 3.26. The van der Waals surface area contributed by atoms with Crippen molar-refractivity contribution in [1.29, 1.82) is 0 Å². The summed E-state index contributed by atoms with van der Waals surface area (Å²) in [4.78, 5) is 34.4. The number of hydrogen-bond donors (Lipinski definition) is 2. The molecule has 202 valence electrons. The van der Waals surface area contributed by atoms with Gasteiger partial charge in [-0.1, -0.05) is 66.9 Å². The third kappa shape index (κ3) is 5.22. The van der Waals surface area contributed by atoms with Crippen molar-refractivity contribution >= 4 is 39.4 Å². The molecule has 0 unspecified atom stereocenters. The number of phenolic OH excluding ortho intramolecular Hbond substituents is 1. The highest BCUT2D eigenvalue weighted by atomic mass is 16.3. The first-order valence-electron chi connectivity index (χ1n) is 13.6. The number of phenols is 1. The number of pyridine rings is 1. The number of nitrogens with one attached hydrogen (secondary N) is 1. The largest absolute Gasteiger partial charge is 0.508 e. The summed E-state index contributed by atoms with van der Waals surface area (Å²) in [6.07, 6.45) is 6.72. The van der Waals surface area contributed by atoms with E-state index in [4.69, 9.17) is 0 Å². The second kappa shape index (κ2) is 11.1. The average molecular weight is 535 g/mol. The smallest absolute Gasteiger partial charge is 0.249 e. The van der Waals surface area contributed by atoms with Crippen LogP contribution in [0.2, 0.25) is 0 Å². The van der Waals surface area contributed by atoms with E-state index in [0.29, 0.717) is 16.8 Å². The summed E-state index contributed by atoms with van der Waals surface area (Å²) >= 11 is 0.